The Labute approximate surface area is 230 Å². The van der Waals surface area contributed by atoms with Gasteiger partial charge in [-0.1, -0.05) is 54.5 Å². The molecule has 1 aliphatic heterocycles. The van der Waals surface area contributed by atoms with Crippen LogP contribution in [0.3, 0.4) is 0 Å². The van der Waals surface area contributed by atoms with E-state index in [1.165, 1.54) is 6.08 Å². The van der Waals surface area contributed by atoms with Crippen molar-refractivity contribution in [2.75, 3.05) is 27.2 Å². The van der Waals surface area contributed by atoms with E-state index in [4.69, 9.17) is 11.2 Å². The third kappa shape index (κ3) is 14.5. The molecular weight excluding hydrogens is 486 g/mol. The third-order valence-corrected chi connectivity index (χ3v) is 5.20. The van der Waals surface area contributed by atoms with Crippen LogP contribution < -0.4 is 21.3 Å². The predicted molar refractivity (Wildman–Crippen MR) is 153 cm³/mol. The van der Waals surface area contributed by atoms with Crippen molar-refractivity contribution in [3.63, 3.8) is 0 Å². The van der Waals surface area contributed by atoms with Crippen molar-refractivity contribution in [1.82, 2.24) is 26.2 Å². The Bertz CT molecular complexity index is 771. The van der Waals surface area contributed by atoms with Crippen molar-refractivity contribution in [1.29, 1.82) is 0 Å². The number of rotatable bonds is 11. The Morgan fingerprint density at radius 2 is 1.68 bits per heavy atom. The van der Waals surface area contributed by atoms with E-state index in [9.17, 15) is 19.2 Å². The fourth-order valence-electron chi connectivity index (χ4n) is 3.57. The lowest BCUT2D eigenvalue weighted by atomic mass is 9.86. The minimum Gasteiger partial charge on any atom is -0.362 e. The van der Waals surface area contributed by atoms with Gasteiger partial charge in [0.1, 0.15) is 6.04 Å². The highest BCUT2D eigenvalue weighted by molar-refractivity contribution is 6.38. The van der Waals surface area contributed by atoms with Gasteiger partial charge in [0.05, 0.1) is 12.1 Å². The average molecular weight is 538 g/mol. The van der Waals surface area contributed by atoms with Crippen molar-refractivity contribution >= 4 is 29.9 Å². The van der Waals surface area contributed by atoms with E-state index in [0.29, 0.717) is 25.8 Å². The molecule has 1 heterocycles. The first kappa shape index (κ1) is 39.3. The van der Waals surface area contributed by atoms with Gasteiger partial charge in [-0.2, -0.15) is 0 Å². The minimum atomic E-state index is -1.04. The molecule has 0 spiro atoms. The summed E-state index contributed by atoms with van der Waals surface area (Å²) in [6.07, 6.45) is 8.92. The summed E-state index contributed by atoms with van der Waals surface area (Å²) in [5.41, 5.74) is -0.329. The zero-order chi connectivity index (χ0) is 30.3. The quantitative estimate of drug-likeness (QED) is 0.137. The number of terminal acetylenes is 1. The largest absolute Gasteiger partial charge is 0.362 e. The standard InChI is InChI=1S/C22H34N4O4.C2H5NO.2C2H6/c1-7-9-11-15(17(27)20(29)24-13-8-2)25-19(28)16-12-10-14-26(16)21(30)18(23-6)22(3,4)5;1-3-2-4;2*1-2/h1,8,15-16,18,23H,2,9-14H2,3-6H3,(H,24,29)(H,25,28);2H,1H3,(H,3,4);2*1-2H3. The van der Waals surface area contributed by atoms with Crippen LogP contribution in [-0.2, 0) is 24.0 Å². The van der Waals surface area contributed by atoms with Gasteiger partial charge in [-0.3, -0.25) is 24.0 Å². The molecule has 4 N–H and O–H groups in total. The van der Waals surface area contributed by atoms with Gasteiger partial charge in [-0.05, 0) is 31.7 Å². The molecule has 0 aromatic carbocycles. The number of carbonyl (C=O) groups is 5. The number of likely N-dealkylation sites (tertiary alicyclic amines) is 1. The van der Waals surface area contributed by atoms with Crippen LogP contribution in [0.25, 0.3) is 0 Å². The third-order valence-electron chi connectivity index (χ3n) is 5.20. The number of nitrogens with zero attached hydrogens (tertiary/aromatic N) is 1. The molecule has 1 aliphatic rings. The van der Waals surface area contributed by atoms with Gasteiger partial charge < -0.3 is 26.2 Å². The van der Waals surface area contributed by atoms with E-state index in [1.807, 2.05) is 48.5 Å². The molecule has 1 rings (SSSR count). The van der Waals surface area contributed by atoms with Crippen LogP contribution in [0, 0.1) is 17.8 Å². The first-order valence-electron chi connectivity index (χ1n) is 13.2. The maximum Gasteiger partial charge on any atom is 0.289 e. The second kappa shape index (κ2) is 23.0. The topological polar surface area (TPSA) is 137 Å². The summed E-state index contributed by atoms with van der Waals surface area (Å²) < 4.78 is 0. The summed E-state index contributed by atoms with van der Waals surface area (Å²) in [5, 5.41) is 10.4. The van der Waals surface area contributed by atoms with Crippen LogP contribution in [0.2, 0.25) is 0 Å². The monoisotopic (exact) mass is 537 g/mol. The maximum absolute atomic E-state index is 13.1. The van der Waals surface area contributed by atoms with E-state index in [-0.39, 0.29) is 30.7 Å². The molecule has 4 amide bonds. The number of nitrogens with one attached hydrogen (secondary N) is 4. The summed E-state index contributed by atoms with van der Waals surface area (Å²) in [7, 11) is 3.28. The number of amides is 4. The van der Waals surface area contributed by atoms with Gasteiger partial charge >= 0.3 is 0 Å². The van der Waals surface area contributed by atoms with Crippen molar-refractivity contribution < 1.29 is 24.0 Å². The maximum atomic E-state index is 13.1. The Hall–Kier alpha value is -3.19. The second-order valence-corrected chi connectivity index (χ2v) is 8.85. The number of hydrogen-bond donors (Lipinski definition) is 4. The molecule has 0 aromatic heterocycles. The molecule has 3 atom stereocenters. The van der Waals surface area contributed by atoms with Gasteiger partial charge in [-0.15, -0.1) is 18.9 Å². The lowest BCUT2D eigenvalue weighted by molar-refractivity contribution is -0.143. The number of likely N-dealkylation sites (N-methyl/N-ethyl adjacent to an activating group) is 1. The zero-order valence-electron chi connectivity index (χ0n) is 24.9. The van der Waals surface area contributed by atoms with E-state index in [1.54, 1.807) is 19.0 Å². The molecule has 1 fully saturated rings. The zero-order valence-corrected chi connectivity index (χ0v) is 24.9. The molecule has 10 heteroatoms. The van der Waals surface area contributed by atoms with Gasteiger partial charge in [0, 0.05) is 26.6 Å². The molecule has 0 aliphatic carbocycles. The molecule has 0 saturated carbocycles. The number of hydrogen-bond acceptors (Lipinski definition) is 6. The molecule has 0 aromatic rings. The van der Waals surface area contributed by atoms with Crippen molar-refractivity contribution in [2.24, 2.45) is 5.41 Å². The first-order valence-corrected chi connectivity index (χ1v) is 13.2. The highest BCUT2D eigenvalue weighted by Gasteiger charge is 2.41. The summed E-state index contributed by atoms with van der Waals surface area (Å²) in [4.78, 5) is 61.2. The molecular formula is C28H51N5O5. The van der Waals surface area contributed by atoms with E-state index >= 15 is 0 Å². The van der Waals surface area contributed by atoms with Gasteiger partial charge in [0.15, 0.2) is 0 Å². The SMILES string of the molecule is C#CCCC(NC(=O)C1CCCN1C(=O)C(NC)C(C)(C)C)C(=O)C(=O)NCC=C.CC.CC.CNC=O. The molecule has 0 radical (unpaired) electrons. The average Bonchev–Trinajstić information content (AvgIpc) is 3.41. The first-order chi connectivity index (χ1) is 18.0. The van der Waals surface area contributed by atoms with Crippen LogP contribution in [0.15, 0.2) is 12.7 Å². The lowest BCUT2D eigenvalue weighted by Crippen LogP contribution is -2.57. The highest BCUT2D eigenvalue weighted by Crippen LogP contribution is 2.25. The van der Waals surface area contributed by atoms with E-state index < -0.39 is 35.7 Å². The number of carbonyl (C=O) groups excluding carboxylic acids is 5. The summed E-state index contributed by atoms with van der Waals surface area (Å²) in [5.74, 6) is 0.247. The summed E-state index contributed by atoms with van der Waals surface area (Å²) in [6.45, 7) is 17.9. The van der Waals surface area contributed by atoms with Crippen molar-refractivity contribution in [3.05, 3.63) is 12.7 Å². The normalized spacial score (nSPS) is 15.2. The Morgan fingerprint density at radius 3 is 2.11 bits per heavy atom. The Morgan fingerprint density at radius 1 is 1.13 bits per heavy atom. The predicted octanol–water partition coefficient (Wildman–Crippen LogP) is 1.80. The van der Waals surface area contributed by atoms with Gasteiger partial charge in [0.2, 0.25) is 24.0 Å². The van der Waals surface area contributed by atoms with Gasteiger partial charge in [-0.25, -0.2) is 0 Å². The fraction of sp³-hybridized carbons (Fsp3) is 0.679. The number of ketones is 1. The van der Waals surface area contributed by atoms with E-state index in [2.05, 4.69) is 33.8 Å². The second-order valence-electron chi connectivity index (χ2n) is 8.85. The Balaban J connectivity index is -0.00000136. The smallest absolute Gasteiger partial charge is 0.289 e. The van der Waals surface area contributed by atoms with Crippen molar-refractivity contribution in [2.45, 2.75) is 92.3 Å². The van der Waals surface area contributed by atoms with Crippen LogP contribution in [-0.4, -0.2) is 80.1 Å². The minimum absolute atomic E-state index is 0.142. The van der Waals surface area contributed by atoms with Crippen LogP contribution in [0.4, 0.5) is 0 Å². The molecule has 0 bridgehead atoms. The summed E-state index contributed by atoms with van der Waals surface area (Å²) >= 11 is 0. The molecule has 38 heavy (non-hydrogen) atoms. The van der Waals surface area contributed by atoms with Crippen LogP contribution in [0.5, 0.6) is 0 Å². The number of Topliss-reactive ketones (excluding diaryl/α,β-unsaturated/α-hetero) is 1. The molecule has 3 unspecified atom stereocenters. The Kier molecular flexibility index (Phi) is 23.8. The van der Waals surface area contributed by atoms with E-state index in [0.717, 1.165) is 0 Å². The van der Waals surface area contributed by atoms with Crippen molar-refractivity contribution in [3.8, 4) is 12.3 Å². The molecule has 1 saturated heterocycles. The molecule has 10 nitrogen and oxygen atoms in total. The van der Waals surface area contributed by atoms with Gasteiger partial charge in [0.25, 0.3) is 5.91 Å². The van der Waals surface area contributed by atoms with Crippen LogP contribution in [0.1, 0.15) is 74.1 Å². The fourth-order valence-corrected chi connectivity index (χ4v) is 3.57. The molecule has 218 valence electrons. The van der Waals surface area contributed by atoms with Crippen LogP contribution >= 0.6 is 0 Å². The lowest BCUT2D eigenvalue weighted by Gasteiger charge is -2.35. The highest BCUT2D eigenvalue weighted by atomic mass is 16.2. The summed E-state index contributed by atoms with van der Waals surface area (Å²) in [6, 6.07) is -2.18.